The number of carbonyl (C=O) groups is 3. The molecule has 0 aliphatic rings. The molecular formula is C34H39N5O6. The second-order valence-electron chi connectivity index (χ2n) is 12.1. The van der Waals surface area contributed by atoms with Crippen molar-refractivity contribution in [2.75, 3.05) is 0 Å². The molecule has 1 aromatic heterocycles. The summed E-state index contributed by atoms with van der Waals surface area (Å²) in [5, 5.41) is 20.8. The summed E-state index contributed by atoms with van der Waals surface area (Å²) in [6, 6.07) is 20.3. The molecule has 0 aliphatic carbocycles. The minimum absolute atomic E-state index is 0.00894. The van der Waals surface area contributed by atoms with E-state index in [-0.39, 0.29) is 25.1 Å². The van der Waals surface area contributed by atoms with Crippen molar-refractivity contribution in [2.24, 2.45) is 0 Å². The van der Waals surface area contributed by atoms with Crippen molar-refractivity contribution >= 4 is 34.5 Å². The number of H-pyrrole nitrogens is 1. The van der Waals surface area contributed by atoms with E-state index in [4.69, 9.17) is 4.74 Å². The van der Waals surface area contributed by atoms with E-state index in [1.165, 1.54) is 6.07 Å². The lowest BCUT2D eigenvalue weighted by Gasteiger charge is -2.31. The van der Waals surface area contributed by atoms with Gasteiger partial charge in [0.15, 0.2) is 0 Å². The fourth-order valence-electron chi connectivity index (χ4n) is 4.87. The molecule has 0 saturated carbocycles. The summed E-state index contributed by atoms with van der Waals surface area (Å²) in [4.78, 5) is 54.0. The minimum Gasteiger partial charge on any atom is -0.444 e. The highest BCUT2D eigenvalue weighted by Gasteiger charge is 2.37. The average Bonchev–Trinajstić information content (AvgIpc) is 3.41. The Morgan fingerprint density at radius 1 is 0.956 bits per heavy atom. The number of nitrogens with zero attached hydrogens (tertiary/aromatic N) is 1. The van der Waals surface area contributed by atoms with Crippen LogP contribution in [-0.2, 0) is 27.3 Å². The van der Waals surface area contributed by atoms with Gasteiger partial charge in [0.25, 0.3) is 5.69 Å². The Morgan fingerprint density at radius 3 is 2.29 bits per heavy atom. The van der Waals surface area contributed by atoms with E-state index in [0.717, 1.165) is 22.0 Å². The third-order valence-corrected chi connectivity index (χ3v) is 7.54. The summed E-state index contributed by atoms with van der Waals surface area (Å²) in [5.74, 6) is -0.934. The van der Waals surface area contributed by atoms with Gasteiger partial charge in [-0.25, -0.2) is 4.79 Å². The van der Waals surface area contributed by atoms with Gasteiger partial charge in [-0.15, -0.1) is 0 Å². The first-order chi connectivity index (χ1) is 21.3. The zero-order valence-corrected chi connectivity index (χ0v) is 26.1. The number of fused-ring (bicyclic) bond motifs is 1. The smallest absolute Gasteiger partial charge is 0.408 e. The van der Waals surface area contributed by atoms with E-state index in [9.17, 15) is 24.5 Å². The Bertz CT molecular complexity index is 1690. The monoisotopic (exact) mass is 613 g/mol. The summed E-state index contributed by atoms with van der Waals surface area (Å²) < 4.78 is 5.37. The topological polar surface area (TPSA) is 155 Å². The first-order valence-electron chi connectivity index (χ1n) is 14.8. The Hall–Kier alpha value is -5.19. The molecule has 0 bridgehead atoms. The van der Waals surface area contributed by atoms with Crippen LogP contribution >= 0.6 is 0 Å². The maximum absolute atomic E-state index is 13.6. The maximum Gasteiger partial charge on any atom is 0.408 e. The zero-order chi connectivity index (χ0) is 32.8. The van der Waals surface area contributed by atoms with E-state index in [2.05, 4.69) is 20.9 Å². The van der Waals surface area contributed by atoms with Crippen LogP contribution in [0, 0.1) is 10.1 Å². The molecule has 236 valence electrons. The van der Waals surface area contributed by atoms with E-state index in [1.807, 2.05) is 30.5 Å². The summed E-state index contributed by atoms with van der Waals surface area (Å²) in [7, 11) is 0. The van der Waals surface area contributed by atoms with Gasteiger partial charge in [-0.3, -0.25) is 19.7 Å². The lowest BCUT2D eigenvalue weighted by atomic mass is 9.96. The fourth-order valence-corrected chi connectivity index (χ4v) is 4.87. The van der Waals surface area contributed by atoms with E-state index >= 15 is 0 Å². The normalized spacial score (nSPS) is 13.4. The largest absolute Gasteiger partial charge is 0.444 e. The average molecular weight is 614 g/mol. The number of ether oxygens (including phenoxy) is 1. The molecule has 11 nitrogen and oxygen atoms in total. The number of rotatable bonds is 11. The van der Waals surface area contributed by atoms with E-state index in [0.29, 0.717) is 11.1 Å². The van der Waals surface area contributed by atoms with Crippen LogP contribution in [0.1, 0.15) is 52.2 Å². The number of carbonyl (C=O) groups excluding carboxylic acids is 3. The molecule has 2 atom stereocenters. The quantitative estimate of drug-likeness (QED) is 0.124. The van der Waals surface area contributed by atoms with Crippen molar-refractivity contribution in [3.05, 3.63) is 100 Å². The van der Waals surface area contributed by atoms with Gasteiger partial charge in [-0.2, -0.15) is 0 Å². The predicted octanol–water partition coefficient (Wildman–Crippen LogP) is 5.78. The molecule has 1 heterocycles. The molecule has 45 heavy (non-hydrogen) atoms. The molecule has 4 N–H and O–H groups in total. The molecule has 1 unspecified atom stereocenters. The van der Waals surface area contributed by atoms with Crippen molar-refractivity contribution in [2.45, 2.75) is 71.2 Å². The first kappa shape index (κ1) is 32.7. The van der Waals surface area contributed by atoms with E-state index < -0.39 is 40.0 Å². The van der Waals surface area contributed by atoms with Crippen molar-refractivity contribution in [1.82, 2.24) is 20.9 Å². The number of aromatic amines is 1. The number of alkyl carbamates (subject to hydrolysis) is 1. The van der Waals surface area contributed by atoms with Crippen LogP contribution in [0.25, 0.3) is 22.0 Å². The highest BCUT2D eigenvalue weighted by atomic mass is 16.6. The minimum atomic E-state index is -1.34. The van der Waals surface area contributed by atoms with Crippen molar-refractivity contribution in [1.29, 1.82) is 0 Å². The van der Waals surface area contributed by atoms with Gasteiger partial charge in [0.05, 0.1) is 10.5 Å². The lowest BCUT2D eigenvalue weighted by molar-refractivity contribution is -0.384. The highest BCUT2D eigenvalue weighted by Crippen LogP contribution is 2.29. The van der Waals surface area contributed by atoms with Gasteiger partial charge >= 0.3 is 6.09 Å². The van der Waals surface area contributed by atoms with Crippen LogP contribution in [0.4, 0.5) is 10.5 Å². The number of aromatic nitrogens is 1. The predicted molar refractivity (Wildman–Crippen MR) is 172 cm³/mol. The second-order valence-corrected chi connectivity index (χ2v) is 12.1. The van der Waals surface area contributed by atoms with E-state index in [1.54, 1.807) is 77.1 Å². The molecule has 3 amide bonds. The van der Waals surface area contributed by atoms with Crippen LogP contribution < -0.4 is 16.0 Å². The van der Waals surface area contributed by atoms with Crippen molar-refractivity contribution < 1.29 is 24.0 Å². The summed E-state index contributed by atoms with van der Waals surface area (Å²) in [6.07, 6.45) is 1.54. The Labute approximate surface area is 261 Å². The van der Waals surface area contributed by atoms with Gasteiger partial charge in [0.1, 0.15) is 17.2 Å². The van der Waals surface area contributed by atoms with Crippen LogP contribution in [0.2, 0.25) is 0 Å². The fraction of sp³-hybridized carbons (Fsp3) is 0.324. The standard InChI is InChI=1S/C34H39N5O6/c1-6-34(5,38-32(42)45-33(2,3)4)31(41)37-28(19-24-21-35-27-13-9-7-11-25(24)27)30(40)36-20-22-15-17-23(18-16-22)26-12-8-10-14-29(26)39(43)44/h7-18,21,28,35H,6,19-20H2,1-5H3,(H,36,40)(H,37,41)(H,38,42)/t28-,34?/m1/s1. The van der Waals surface area contributed by atoms with Gasteiger partial charge in [0.2, 0.25) is 11.8 Å². The first-order valence-corrected chi connectivity index (χ1v) is 14.8. The number of nitro groups is 1. The number of benzene rings is 3. The zero-order valence-electron chi connectivity index (χ0n) is 26.1. The second kappa shape index (κ2) is 13.6. The van der Waals surface area contributed by atoms with Crippen LogP contribution in [0.5, 0.6) is 0 Å². The van der Waals surface area contributed by atoms with Gasteiger partial charge in [-0.1, -0.05) is 61.5 Å². The molecule has 3 aromatic carbocycles. The Kier molecular flexibility index (Phi) is 9.91. The summed E-state index contributed by atoms with van der Waals surface area (Å²) in [6.45, 7) is 8.71. The number of amides is 3. The van der Waals surface area contributed by atoms with Crippen LogP contribution in [0.15, 0.2) is 79.0 Å². The van der Waals surface area contributed by atoms with Gasteiger partial charge in [-0.05, 0) is 62.9 Å². The maximum atomic E-state index is 13.6. The molecule has 0 spiro atoms. The number of hydrogen-bond donors (Lipinski definition) is 4. The summed E-state index contributed by atoms with van der Waals surface area (Å²) >= 11 is 0. The number of nitro benzene ring substituents is 1. The van der Waals surface area contributed by atoms with Crippen molar-refractivity contribution in [3.8, 4) is 11.1 Å². The third-order valence-electron chi connectivity index (χ3n) is 7.54. The number of para-hydroxylation sites is 2. The molecule has 4 aromatic rings. The van der Waals surface area contributed by atoms with Gasteiger partial charge in [0, 0.05) is 36.1 Å². The highest BCUT2D eigenvalue weighted by molar-refractivity contribution is 5.94. The van der Waals surface area contributed by atoms with Gasteiger partial charge < -0.3 is 25.7 Å². The Morgan fingerprint density at radius 2 is 1.62 bits per heavy atom. The molecular weight excluding hydrogens is 574 g/mol. The third kappa shape index (κ3) is 8.26. The molecule has 11 heteroatoms. The Balaban J connectivity index is 1.52. The molecule has 4 rings (SSSR count). The lowest BCUT2D eigenvalue weighted by Crippen LogP contribution is -2.61. The molecule has 0 aliphatic heterocycles. The van der Waals surface area contributed by atoms with Crippen molar-refractivity contribution in [3.63, 3.8) is 0 Å². The summed E-state index contributed by atoms with van der Waals surface area (Å²) in [5.41, 5.74) is 1.62. The number of hydrogen-bond acceptors (Lipinski definition) is 6. The SMILES string of the molecule is CCC(C)(NC(=O)OC(C)(C)C)C(=O)N[C@H](Cc1c[nH]c2ccccc12)C(=O)NCc1ccc(-c2ccccc2[N+](=O)[O-])cc1. The number of nitrogens with one attached hydrogen (secondary N) is 4. The van der Waals surface area contributed by atoms with Crippen LogP contribution in [0.3, 0.4) is 0 Å². The van der Waals surface area contributed by atoms with Crippen LogP contribution in [-0.4, -0.2) is 45.0 Å². The molecule has 0 saturated heterocycles. The molecule has 0 fully saturated rings. The molecule has 0 radical (unpaired) electrons.